The predicted octanol–water partition coefficient (Wildman–Crippen LogP) is 2.15. The summed E-state index contributed by atoms with van der Waals surface area (Å²) >= 11 is 0. The summed E-state index contributed by atoms with van der Waals surface area (Å²) in [5.74, 6) is 1.90. The first kappa shape index (κ1) is 11.7. The molecule has 0 saturated carbocycles. The van der Waals surface area contributed by atoms with Crippen LogP contribution in [0.5, 0.6) is 0 Å². The average molecular weight is 222 g/mol. The van der Waals surface area contributed by atoms with Crippen molar-refractivity contribution >= 4 is 0 Å². The number of hydrogen-bond donors (Lipinski definition) is 1. The van der Waals surface area contributed by atoms with Crippen LogP contribution in [0.15, 0.2) is 16.7 Å². The van der Waals surface area contributed by atoms with Crippen LogP contribution in [0.4, 0.5) is 0 Å². The fourth-order valence-electron chi connectivity index (χ4n) is 2.50. The van der Waals surface area contributed by atoms with Gasteiger partial charge in [0.05, 0.1) is 12.8 Å². The maximum absolute atomic E-state index is 5.85. The van der Waals surface area contributed by atoms with Crippen LogP contribution in [0, 0.1) is 12.8 Å². The number of likely N-dealkylation sites (tertiary alicyclic amines) is 1. The van der Waals surface area contributed by atoms with Gasteiger partial charge in [-0.25, -0.2) is 0 Å². The zero-order valence-corrected chi connectivity index (χ0v) is 10.3. The molecule has 0 bridgehead atoms. The van der Waals surface area contributed by atoms with Crippen LogP contribution < -0.4 is 5.73 Å². The zero-order chi connectivity index (χ0) is 11.5. The Morgan fingerprint density at radius 2 is 2.38 bits per heavy atom. The van der Waals surface area contributed by atoms with Gasteiger partial charge in [-0.2, -0.15) is 0 Å². The largest absolute Gasteiger partial charge is 0.468 e. The van der Waals surface area contributed by atoms with Crippen molar-refractivity contribution in [3.8, 4) is 0 Å². The first-order valence-corrected chi connectivity index (χ1v) is 6.17. The zero-order valence-electron chi connectivity index (χ0n) is 10.3. The molecule has 0 spiro atoms. The molecule has 1 aromatic heterocycles. The molecule has 1 aromatic rings. The van der Waals surface area contributed by atoms with Gasteiger partial charge in [0.1, 0.15) is 5.76 Å². The van der Waals surface area contributed by atoms with E-state index >= 15 is 0 Å². The molecule has 0 aliphatic carbocycles. The number of nitrogens with two attached hydrogens (primary N) is 1. The number of piperidine rings is 1. The van der Waals surface area contributed by atoms with Gasteiger partial charge < -0.3 is 10.2 Å². The summed E-state index contributed by atoms with van der Waals surface area (Å²) in [6, 6.07) is 2.55. The summed E-state index contributed by atoms with van der Waals surface area (Å²) in [6.45, 7) is 7.22. The van der Waals surface area contributed by atoms with Crippen LogP contribution in [0.25, 0.3) is 0 Å². The number of furan rings is 1. The van der Waals surface area contributed by atoms with Gasteiger partial charge in [-0.05, 0) is 43.9 Å². The quantitative estimate of drug-likeness (QED) is 0.852. The Bertz CT molecular complexity index is 334. The molecular weight excluding hydrogens is 200 g/mol. The molecule has 3 nitrogen and oxygen atoms in total. The number of rotatable bonds is 3. The van der Waals surface area contributed by atoms with E-state index in [1.54, 1.807) is 6.26 Å². The third-order valence-corrected chi connectivity index (χ3v) is 3.69. The predicted molar refractivity (Wildman–Crippen MR) is 65.1 cm³/mol. The first-order valence-electron chi connectivity index (χ1n) is 6.17. The van der Waals surface area contributed by atoms with E-state index in [0.29, 0.717) is 6.04 Å². The Labute approximate surface area is 97.6 Å². The van der Waals surface area contributed by atoms with E-state index in [-0.39, 0.29) is 0 Å². The molecule has 3 heteroatoms. The molecular formula is C13H22N2O. The first-order chi connectivity index (χ1) is 7.70. The molecule has 0 amide bonds. The SMILES string of the molecule is Cc1ccoc1CN1CCC(C)CC1CN. The van der Waals surface area contributed by atoms with Gasteiger partial charge in [0.2, 0.25) is 0 Å². The average Bonchev–Trinajstić information content (AvgIpc) is 2.67. The summed E-state index contributed by atoms with van der Waals surface area (Å²) < 4.78 is 5.50. The lowest BCUT2D eigenvalue weighted by molar-refractivity contribution is 0.107. The minimum absolute atomic E-state index is 0.522. The summed E-state index contributed by atoms with van der Waals surface area (Å²) in [6.07, 6.45) is 4.27. The molecule has 0 radical (unpaired) electrons. The van der Waals surface area contributed by atoms with Crippen LogP contribution in [0.1, 0.15) is 31.1 Å². The Balaban J connectivity index is 2.01. The lowest BCUT2D eigenvalue weighted by Crippen LogP contribution is -2.45. The van der Waals surface area contributed by atoms with E-state index in [1.807, 2.05) is 6.07 Å². The van der Waals surface area contributed by atoms with Gasteiger partial charge in [-0.3, -0.25) is 4.90 Å². The molecule has 1 aliphatic heterocycles. The summed E-state index contributed by atoms with van der Waals surface area (Å²) in [7, 11) is 0. The molecule has 1 fully saturated rings. The topological polar surface area (TPSA) is 42.4 Å². The second-order valence-electron chi connectivity index (χ2n) is 5.02. The van der Waals surface area contributed by atoms with Crippen molar-refractivity contribution in [2.75, 3.05) is 13.1 Å². The van der Waals surface area contributed by atoms with E-state index in [2.05, 4.69) is 18.7 Å². The van der Waals surface area contributed by atoms with Crippen LogP contribution in [-0.4, -0.2) is 24.0 Å². The summed E-state index contributed by atoms with van der Waals surface area (Å²) in [5, 5.41) is 0. The van der Waals surface area contributed by atoms with Crippen molar-refractivity contribution in [1.82, 2.24) is 4.90 Å². The van der Waals surface area contributed by atoms with Crippen LogP contribution in [0.3, 0.4) is 0 Å². The van der Waals surface area contributed by atoms with Crippen molar-refractivity contribution in [2.24, 2.45) is 11.7 Å². The highest BCUT2D eigenvalue weighted by Crippen LogP contribution is 2.24. The van der Waals surface area contributed by atoms with Gasteiger partial charge in [0, 0.05) is 12.6 Å². The second kappa shape index (κ2) is 5.02. The van der Waals surface area contributed by atoms with Crippen molar-refractivity contribution in [3.05, 3.63) is 23.7 Å². The van der Waals surface area contributed by atoms with Gasteiger partial charge >= 0.3 is 0 Å². The summed E-state index contributed by atoms with van der Waals surface area (Å²) in [4.78, 5) is 2.46. The fourth-order valence-corrected chi connectivity index (χ4v) is 2.50. The van der Waals surface area contributed by atoms with Crippen molar-refractivity contribution in [3.63, 3.8) is 0 Å². The minimum atomic E-state index is 0.522. The molecule has 1 saturated heterocycles. The smallest absolute Gasteiger partial charge is 0.120 e. The van der Waals surface area contributed by atoms with Gasteiger partial charge in [-0.15, -0.1) is 0 Å². The van der Waals surface area contributed by atoms with Gasteiger partial charge in [-0.1, -0.05) is 6.92 Å². The third kappa shape index (κ3) is 2.47. The molecule has 2 heterocycles. The third-order valence-electron chi connectivity index (χ3n) is 3.69. The molecule has 0 aromatic carbocycles. The van der Waals surface area contributed by atoms with Crippen molar-refractivity contribution < 1.29 is 4.42 Å². The summed E-state index contributed by atoms with van der Waals surface area (Å²) in [5.41, 5.74) is 7.10. The maximum atomic E-state index is 5.85. The lowest BCUT2D eigenvalue weighted by atomic mass is 9.92. The molecule has 2 unspecified atom stereocenters. The Hall–Kier alpha value is -0.800. The highest BCUT2D eigenvalue weighted by atomic mass is 16.3. The highest BCUT2D eigenvalue weighted by Gasteiger charge is 2.26. The normalized spacial score (nSPS) is 27.2. The Morgan fingerprint density at radius 1 is 1.56 bits per heavy atom. The molecule has 90 valence electrons. The van der Waals surface area contributed by atoms with Crippen molar-refractivity contribution in [1.29, 1.82) is 0 Å². The molecule has 2 N–H and O–H groups in total. The number of aryl methyl sites for hydroxylation is 1. The van der Waals surface area contributed by atoms with E-state index in [1.165, 1.54) is 18.4 Å². The van der Waals surface area contributed by atoms with E-state index < -0.39 is 0 Å². The molecule has 2 rings (SSSR count). The van der Waals surface area contributed by atoms with Gasteiger partial charge in [0.15, 0.2) is 0 Å². The van der Waals surface area contributed by atoms with Crippen LogP contribution in [-0.2, 0) is 6.54 Å². The molecule has 16 heavy (non-hydrogen) atoms. The van der Waals surface area contributed by atoms with Crippen LogP contribution in [0.2, 0.25) is 0 Å². The maximum Gasteiger partial charge on any atom is 0.120 e. The Kier molecular flexibility index (Phi) is 3.66. The van der Waals surface area contributed by atoms with E-state index in [0.717, 1.165) is 31.3 Å². The minimum Gasteiger partial charge on any atom is -0.468 e. The van der Waals surface area contributed by atoms with E-state index in [4.69, 9.17) is 10.2 Å². The second-order valence-corrected chi connectivity index (χ2v) is 5.02. The van der Waals surface area contributed by atoms with Gasteiger partial charge in [0.25, 0.3) is 0 Å². The van der Waals surface area contributed by atoms with E-state index in [9.17, 15) is 0 Å². The number of hydrogen-bond acceptors (Lipinski definition) is 3. The standard InChI is InChI=1S/C13H22N2O/c1-10-3-5-15(12(7-10)8-14)9-13-11(2)4-6-16-13/h4,6,10,12H,3,5,7-9,14H2,1-2H3. The van der Waals surface area contributed by atoms with Crippen molar-refractivity contribution in [2.45, 2.75) is 39.3 Å². The Morgan fingerprint density at radius 3 is 3.00 bits per heavy atom. The monoisotopic (exact) mass is 222 g/mol. The fraction of sp³-hybridized carbons (Fsp3) is 0.692. The number of nitrogens with zero attached hydrogens (tertiary/aromatic N) is 1. The molecule has 2 atom stereocenters. The lowest BCUT2D eigenvalue weighted by Gasteiger charge is -2.37. The highest BCUT2D eigenvalue weighted by molar-refractivity contribution is 5.14. The molecule has 1 aliphatic rings. The van der Waals surface area contributed by atoms with Crippen LogP contribution >= 0.6 is 0 Å².